The van der Waals surface area contributed by atoms with Gasteiger partial charge in [-0.3, -0.25) is 0 Å². The molecule has 6 heteroatoms. The Bertz CT molecular complexity index is 1470. The third-order valence-electron chi connectivity index (χ3n) is 6.25. The SMILES string of the molecule is O=C1OC(O)(c2ccc(Cl)cc2)C(Cc2ccc3ccccc3c2)=C1c1ccc2c(c1)OCO2. The molecular weight excluding hydrogens is 452 g/mol. The van der Waals surface area contributed by atoms with Crippen LogP contribution in [0.5, 0.6) is 11.5 Å². The van der Waals surface area contributed by atoms with Crippen molar-refractivity contribution < 1.29 is 24.1 Å². The Balaban J connectivity index is 1.52. The van der Waals surface area contributed by atoms with E-state index in [1.54, 1.807) is 42.5 Å². The Labute approximate surface area is 200 Å². The zero-order valence-corrected chi connectivity index (χ0v) is 18.7. The quantitative estimate of drug-likeness (QED) is 0.392. The van der Waals surface area contributed by atoms with Gasteiger partial charge in [0.1, 0.15) is 0 Å². The molecule has 5 nitrogen and oxygen atoms in total. The summed E-state index contributed by atoms with van der Waals surface area (Å²) < 4.78 is 16.6. The molecule has 2 heterocycles. The van der Waals surface area contributed by atoms with Crippen molar-refractivity contribution in [2.24, 2.45) is 0 Å². The van der Waals surface area contributed by atoms with Gasteiger partial charge in [-0.2, -0.15) is 0 Å². The molecule has 0 aromatic heterocycles. The molecule has 2 aliphatic rings. The summed E-state index contributed by atoms with van der Waals surface area (Å²) in [6.07, 6.45) is 0.305. The van der Waals surface area contributed by atoms with Crippen LogP contribution in [-0.2, 0) is 21.7 Å². The van der Waals surface area contributed by atoms with E-state index in [2.05, 4.69) is 6.07 Å². The molecule has 0 spiro atoms. The number of carbonyl (C=O) groups excluding carboxylic acids is 1. The fraction of sp³-hybridized carbons (Fsp3) is 0.107. The zero-order valence-electron chi connectivity index (χ0n) is 18.0. The molecule has 0 bridgehead atoms. The van der Waals surface area contributed by atoms with Crippen LogP contribution in [0.25, 0.3) is 16.3 Å². The van der Waals surface area contributed by atoms with Crippen LogP contribution in [0.3, 0.4) is 0 Å². The molecule has 1 unspecified atom stereocenters. The Morgan fingerprint density at radius 3 is 2.44 bits per heavy atom. The lowest BCUT2D eigenvalue weighted by Crippen LogP contribution is -2.29. The second-order valence-electron chi connectivity index (χ2n) is 8.32. The van der Waals surface area contributed by atoms with Gasteiger partial charge in [-0.05, 0) is 46.2 Å². The summed E-state index contributed by atoms with van der Waals surface area (Å²) in [4.78, 5) is 13.2. The van der Waals surface area contributed by atoms with Crippen LogP contribution in [0.15, 0.2) is 90.5 Å². The maximum absolute atomic E-state index is 13.2. The number of ether oxygens (including phenoxy) is 3. The van der Waals surface area contributed by atoms with Crippen molar-refractivity contribution in [1.82, 2.24) is 0 Å². The summed E-state index contributed by atoms with van der Waals surface area (Å²) in [7, 11) is 0. The zero-order chi connectivity index (χ0) is 23.3. The first kappa shape index (κ1) is 20.8. The third kappa shape index (κ3) is 3.41. The van der Waals surface area contributed by atoms with Gasteiger partial charge in [-0.1, -0.05) is 72.3 Å². The third-order valence-corrected chi connectivity index (χ3v) is 6.50. The highest BCUT2D eigenvalue weighted by Gasteiger charge is 2.48. The molecule has 0 saturated heterocycles. The summed E-state index contributed by atoms with van der Waals surface area (Å²) in [6, 6.07) is 26.1. The van der Waals surface area contributed by atoms with Gasteiger partial charge in [0.05, 0.1) is 5.57 Å². The summed E-state index contributed by atoms with van der Waals surface area (Å²) in [5, 5.41) is 14.5. The fourth-order valence-electron chi connectivity index (χ4n) is 4.55. The van der Waals surface area contributed by atoms with Crippen molar-refractivity contribution in [3.05, 3.63) is 112 Å². The minimum atomic E-state index is -1.93. The normalized spacial score (nSPS) is 19.1. The van der Waals surface area contributed by atoms with E-state index in [9.17, 15) is 9.90 Å². The Morgan fingerprint density at radius 1 is 0.853 bits per heavy atom. The van der Waals surface area contributed by atoms with Crippen molar-refractivity contribution in [3.8, 4) is 11.5 Å². The Hall–Kier alpha value is -3.80. The highest BCUT2D eigenvalue weighted by Crippen LogP contribution is 2.46. The first-order valence-corrected chi connectivity index (χ1v) is 11.2. The summed E-state index contributed by atoms with van der Waals surface area (Å²) in [5.41, 5.74) is 2.72. The molecule has 0 saturated carbocycles. The van der Waals surface area contributed by atoms with Crippen LogP contribution in [0, 0.1) is 0 Å². The van der Waals surface area contributed by atoms with Gasteiger partial charge in [-0.15, -0.1) is 0 Å². The van der Waals surface area contributed by atoms with E-state index in [4.69, 9.17) is 25.8 Å². The summed E-state index contributed by atoms with van der Waals surface area (Å²) in [5.74, 6) is -1.38. The van der Waals surface area contributed by atoms with Gasteiger partial charge in [0, 0.05) is 22.6 Å². The van der Waals surface area contributed by atoms with E-state index < -0.39 is 11.8 Å². The Kier molecular flexibility index (Phi) is 4.83. The van der Waals surface area contributed by atoms with Crippen LogP contribution in [0.4, 0.5) is 0 Å². The topological polar surface area (TPSA) is 65.0 Å². The predicted octanol–water partition coefficient (Wildman–Crippen LogP) is 5.62. The Morgan fingerprint density at radius 2 is 1.62 bits per heavy atom. The minimum Gasteiger partial charge on any atom is -0.454 e. The lowest BCUT2D eigenvalue weighted by Gasteiger charge is -2.26. The lowest BCUT2D eigenvalue weighted by atomic mass is 9.87. The fourth-order valence-corrected chi connectivity index (χ4v) is 4.68. The van der Waals surface area contributed by atoms with Gasteiger partial charge in [0.2, 0.25) is 6.79 Å². The molecule has 0 amide bonds. The number of rotatable bonds is 4. The van der Waals surface area contributed by atoms with Crippen LogP contribution in [-0.4, -0.2) is 17.9 Å². The molecule has 0 fully saturated rings. The van der Waals surface area contributed by atoms with E-state index in [1.807, 2.05) is 36.4 Å². The van der Waals surface area contributed by atoms with Crippen LogP contribution in [0.1, 0.15) is 16.7 Å². The van der Waals surface area contributed by atoms with E-state index in [-0.39, 0.29) is 6.79 Å². The highest BCUT2D eigenvalue weighted by atomic mass is 35.5. The first-order valence-electron chi connectivity index (χ1n) is 10.8. The minimum absolute atomic E-state index is 0.126. The van der Waals surface area contributed by atoms with E-state index in [0.29, 0.717) is 45.2 Å². The lowest BCUT2D eigenvalue weighted by molar-refractivity contribution is -0.185. The van der Waals surface area contributed by atoms with Crippen LogP contribution < -0.4 is 9.47 Å². The standard InChI is InChI=1S/C28H19ClO5/c29-22-10-8-21(9-11-22)28(31)23(14-17-5-6-18-3-1-2-4-19(18)13-17)26(27(30)34-28)20-7-12-24-25(15-20)33-16-32-24/h1-13,15,31H,14,16H2. The summed E-state index contributed by atoms with van der Waals surface area (Å²) in [6.45, 7) is 0.126. The molecule has 0 radical (unpaired) electrons. The number of halogens is 1. The van der Waals surface area contributed by atoms with E-state index >= 15 is 0 Å². The predicted molar refractivity (Wildman–Crippen MR) is 129 cm³/mol. The molecule has 0 aliphatic carbocycles. The van der Waals surface area contributed by atoms with Gasteiger partial charge in [-0.25, -0.2) is 4.79 Å². The number of cyclic esters (lactones) is 1. The number of benzene rings is 4. The molecule has 1 atom stereocenters. The van der Waals surface area contributed by atoms with E-state index in [1.165, 1.54) is 0 Å². The number of esters is 1. The summed E-state index contributed by atoms with van der Waals surface area (Å²) >= 11 is 6.07. The maximum atomic E-state index is 13.2. The molecule has 6 rings (SSSR count). The number of hydrogen-bond donors (Lipinski definition) is 1. The average Bonchev–Trinajstić information content (AvgIpc) is 3.41. The van der Waals surface area contributed by atoms with Gasteiger partial charge < -0.3 is 19.3 Å². The largest absolute Gasteiger partial charge is 0.454 e. The molecule has 34 heavy (non-hydrogen) atoms. The van der Waals surface area contributed by atoms with Crippen LogP contribution in [0.2, 0.25) is 5.02 Å². The molecule has 1 N–H and O–H groups in total. The smallest absolute Gasteiger partial charge is 0.342 e. The monoisotopic (exact) mass is 470 g/mol. The van der Waals surface area contributed by atoms with Crippen molar-refractivity contribution in [2.45, 2.75) is 12.2 Å². The molecule has 2 aliphatic heterocycles. The molecule has 4 aromatic carbocycles. The van der Waals surface area contributed by atoms with Crippen molar-refractivity contribution in [1.29, 1.82) is 0 Å². The van der Waals surface area contributed by atoms with E-state index in [0.717, 1.165) is 16.3 Å². The number of carbonyl (C=O) groups is 1. The van der Waals surface area contributed by atoms with Crippen molar-refractivity contribution in [3.63, 3.8) is 0 Å². The molecule has 4 aromatic rings. The van der Waals surface area contributed by atoms with Gasteiger partial charge >= 0.3 is 5.97 Å². The van der Waals surface area contributed by atoms with Crippen molar-refractivity contribution in [2.75, 3.05) is 6.79 Å². The second-order valence-corrected chi connectivity index (χ2v) is 8.76. The van der Waals surface area contributed by atoms with Gasteiger partial charge in [0.15, 0.2) is 11.5 Å². The van der Waals surface area contributed by atoms with Gasteiger partial charge in [0.25, 0.3) is 5.79 Å². The molecular formula is C28H19ClO5. The second kappa shape index (κ2) is 7.90. The van der Waals surface area contributed by atoms with Crippen LogP contribution >= 0.6 is 11.6 Å². The van der Waals surface area contributed by atoms with Crippen molar-refractivity contribution >= 4 is 33.9 Å². The maximum Gasteiger partial charge on any atom is 0.342 e. The molecule has 168 valence electrons. The highest BCUT2D eigenvalue weighted by molar-refractivity contribution is 6.30. The first-order chi connectivity index (χ1) is 16.5. The number of fused-ring (bicyclic) bond motifs is 2. The number of hydrogen-bond acceptors (Lipinski definition) is 5. The average molecular weight is 471 g/mol. The number of aliphatic hydroxyl groups is 1.